The summed E-state index contributed by atoms with van der Waals surface area (Å²) in [7, 11) is -3.74. The summed E-state index contributed by atoms with van der Waals surface area (Å²) in [6, 6.07) is 37.0. The number of fused-ring (bicyclic) bond motifs is 1. The average Bonchev–Trinajstić information content (AvgIpc) is 3.39. The molecular formula is C39H33Cl3N2O5S. The maximum atomic E-state index is 13.3. The molecule has 1 heterocycles. The van der Waals surface area contributed by atoms with Gasteiger partial charge in [-0.1, -0.05) is 108 Å². The van der Waals surface area contributed by atoms with E-state index in [2.05, 4.69) is 33.6 Å². The Labute approximate surface area is 306 Å². The molecule has 2 N–H and O–H groups in total. The lowest BCUT2D eigenvalue weighted by Crippen LogP contribution is -2.28. The van der Waals surface area contributed by atoms with Gasteiger partial charge in [-0.3, -0.25) is 0 Å². The largest absolute Gasteiger partial charge is 0.493 e. The van der Waals surface area contributed by atoms with Crippen LogP contribution in [-0.2, 0) is 28.6 Å². The van der Waals surface area contributed by atoms with E-state index in [4.69, 9.17) is 39.5 Å². The smallest absolute Gasteiger partial charge is 0.335 e. The number of hydrogen-bond donors (Lipinski definition) is 2. The van der Waals surface area contributed by atoms with Crippen molar-refractivity contribution in [1.29, 1.82) is 0 Å². The van der Waals surface area contributed by atoms with E-state index in [1.807, 2.05) is 54.6 Å². The highest BCUT2D eigenvalue weighted by molar-refractivity contribution is 7.88. The first-order chi connectivity index (χ1) is 24.1. The van der Waals surface area contributed by atoms with E-state index >= 15 is 0 Å². The van der Waals surface area contributed by atoms with Gasteiger partial charge in [-0.05, 0) is 70.8 Å². The number of ether oxygens (including phenoxy) is 1. The second kappa shape index (κ2) is 15.7. The standard InChI is InChI=1S/C39H33Cl3N2O5S/c40-30-15-17-36-33(24-30)32(19-21-49-31-13-7-12-29(23-31)39(45)46)37(18-20-43-50(47,48)25-26-14-16-34(41)35(42)22-26)44(36)38(27-8-3-1-4-9-27)28-10-5-2-6-11-28/h1-17,22-24,38,43H,18-21,25H2,(H,45,46). The van der Waals surface area contributed by atoms with Crippen molar-refractivity contribution in [2.75, 3.05) is 13.2 Å². The summed E-state index contributed by atoms with van der Waals surface area (Å²) in [5.74, 6) is -0.852. The molecule has 50 heavy (non-hydrogen) atoms. The Morgan fingerprint density at radius 1 is 0.780 bits per heavy atom. The molecule has 0 bridgehead atoms. The lowest BCUT2D eigenvalue weighted by atomic mass is 9.97. The van der Waals surface area contributed by atoms with Crippen molar-refractivity contribution in [1.82, 2.24) is 9.29 Å². The molecule has 0 saturated heterocycles. The maximum absolute atomic E-state index is 13.3. The van der Waals surface area contributed by atoms with Crippen LogP contribution in [0.3, 0.4) is 0 Å². The molecule has 1 aromatic heterocycles. The predicted octanol–water partition coefficient (Wildman–Crippen LogP) is 9.22. The van der Waals surface area contributed by atoms with Crippen LogP contribution in [0.25, 0.3) is 10.9 Å². The minimum atomic E-state index is -3.74. The van der Waals surface area contributed by atoms with Crippen LogP contribution in [0.4, 0.5) is 0 Å². The maximum Gasteiger partial charge on any atom is 0.335 e. The lowest BCUT2D eigenvalue weighted by molar-refractivity contribution is 0.0696. The van der Waals surface area contributed by atoms with Crippen molar-refractivity contribution in [3.05, 3.63) is 170 Å². The molecule has 11 heteroatoms. The molecule has 0 atom stereocenters. The summed E-state index contributed by atoms with van der Waals surface area (Å²) in [5, 5.41) is 11.6. The van der Waals surface area contributed by atoms with E-state index in [1.54, 1.807) is 30.3 Å². The Bertz CT molecular complexity index is 2200. The zero-order valence-corrected chi connectivity index (χ0v) is 29.8. The van der Waals surface area contributed by atoms with Gasteiger partial charge in [-0.2, -0.15) is 0 Å². The molecule has 7 nitrogen and oxygen atoms in total. The minimum Gasteiger partial charge on any atom is -0.493 e. The highest BCUT2D eigenvalue weighted by Gasteiger charge is 2.26. The van der Waals surface area contributed by atoms with Crippen LogP contribution in [0.5, 0.6) is 5.75 Å². The van der Waals surface area contributed by atoms with Crippen LogP contribution < -0.4 is 9.46 Å². The minimum absolute atomic E-state index is 0.124. The van der Waals surface area contributed by atoms with Crippen LogP contribution >= 0.6 is 34.8 Å². The van der Waals surface area contributed by atoms with Crippen molar-refractivity contribution < 1.29 is 23.1 Å². The number of benzene rings is 5. The van der Waals surface area contributed by atoms with Crippen molar-refractivity contribution in [2.45, 2.75) is 24.6 Å². The molecule has 0 radical (unpaired) electrons. The van der Waals surface area contributed by atoms with E-state index in [-0.39, 0.29) is 35.5 Å². The third kappa shape index (κ3) is 8.34. The fourth-order valence-corrected chi connectivity index (χ4v) is 7.85. The number of aromatic nitrogens is 1. The van der Waals surface area contributed by atoms with Crippen LogP contribution in [0.15, 0.2) is 121 Å². The summed E-state index contributed by atoms with van der Waals surface area (Å²) in [4.78, 5) is 11.5. The number of carboxylic acid groups (broad SMARTS) is 1. The number of nitrogens with one attached hydrogen (secondary N) is 1. The summed E-state index contributed by atoms with van der Waals surface area (Å²) in [6.07, 6.45) is 0.801. The average molecular weight is 748 g/mol. The molecule has 0 saturated carbocycles. The summed E-state index contributed by atoms with van der Waals surface area (Å²) < 4.78 is 37.7. The van der Waals surface area contributed by atoms with Gasteiger partial charge in [-0.25, -0.2) is 17.9 Å². The van der Waals surface area contributed by atoms with Crippen molar-refractivity contribution in [3.8, 4) is 5.75 Å². The first-order valence-electron chi connectivity index (χ1n) is 15.9. The van der Waals surface area contributed by atoms with Gasteiger partial charge in [0.05, 0.1) is 34.0 Å². The molecule has 0 aliphatic heterocycles. The Hall–Kier alpha value is -4.31. The van der Waals surface area contributed by atoms with Crippen LogP contribution in [0, 0.1) is 0 Å². The zero-order chi connectivity index (χ0) is 35.3. The third-order valence-corrected chi connectivity index (χ3v) is 10.7. The predicted molar refractivity (Wildman–Crippen MR) is 200 cm³/mol. The van der Waals surface area contributed by atoms with Gasteiger partial charge in [0, 0.05) is 41.0 Å². The van der Waals surface area contributed by atoms with E-state index in [0.29, 0.717) is 34.2 Å². The topological polar surface area (TPSA) is 97.6 Å². The molecule has 256 valence electrons. The Balaban J connectivity index is 1.40. The number of sulfonamides is 1. The second-order valence-electron chi connectivity index (χ2n) is 11.8. The normalized spacial score (nSPS) is 11.7. The van der Waals surface area contributed by atoms with Gasteiger partial charge in [0.15, 0.2) is 0 Å². The van der Waals surface area contributed by atoms with E-state index in [9.17, 15) is 18.3 Å². The highest BCUT2D eigenvalue weighted by atomic mass is 35.5. The molecule has 6 rings (SSSR count). The Morgan fingerprint density at radius 3 is 2.14 bits per heavy atom. The molecular weight excluding hydrogens is 715 g/mol. The quantitative estimate of drug-likeness (QED) is 0.116. The van der Waals surface area contributed by atoms with Crippen molar-refractivity contribution >= 4 is 61.7 Å². The Kier molecular flexibility index (Phi) is 11.2. The SMILES string of the molecule is O=C(O)c1cccc(OCCc2c(CCNS(=O)(=O)Cc3ccc(Cl)c(Cl)c3)n(C(c3ccccc3)c3ccccc3)c3ccc(Cl)cc23)c1. The summed E-state index contributed by atoms with van der Waals surface area (Å²) in [5.41, 5.74) is 5.57. The molecule has 0 amide bonds. The molecule has 5 aromatic carbocycles. The summed E-state index contributed by atoms with van der Waals surface area (Å²) >= 11 is 18.8. The van der Waals surface area contributed by atoms with E-state index in [0.717, 1.165) is 33.3 Å². The van der Waals surface area contributed by atoms with Crippen LogP contribution in [-0.4, -0.2) is 37.2 Å². The molecule has 0 spiro atoms. The van der Waals surface area contributed by atoms with Gasteiger partial charge in [-0.15, -0.1) is 0 Å². The van der Waals surface area contributed by atoms with Crippen molar-refractivity contribution in [2.24, 2.45) is 0 Å². The van der Waals surface area contributed by atoms with Gasteiger partial charge in [0.1, 0.15) is 5.75 Å². The molecule has 0 fully saturated rings. The summed E-state index contributed by atoms with van der Waals surface area (Å²) in [6.45, 7) is 0.366. The number of aromatic carboxylic acids is 1. The van der Waals surface area contributed by atoms with Gasteiger partial charge in [0.2, 0.25) is 10.0 Å². The fraction of sp³-hybridized carbons (Fsp3) is 0.154. The first kappa shape index (κ1) is 35.5. The first-order valence-corrected chi connectivity index (χ1v) is 18.7. The van der Waals surface area contributed by atoms with Crippen LogP contribution in [0.2, 0.25) is 15.1 Å². The highest BCUT2D eigenvalue weighted by Crippen LogP contribution is 2.38. The van der Waals surface area contributed by atoms with Crippen LogP contribution in [0.1, 0.15) is 44.3 Å². The van der Waals surface area contributed by atoms with Gasteiger partial charge < -0.3 is 14.4 Å². The second-order valence-corrected chi connectivity index (χ2v) is 14.8. The number of nitrogens with zero attached hydrogens (tertiary/aromatic N) is 1. The zero-order valence-electron chi connectivity index (χ0n) is 26.7. The number of hydrogen-bond acceptors (Lipinski definition) is 4. The molecule has 0 aliphatic rings. The monoisotopic (exact) mass is 746 g/mol. The third-order valence-electron chi connectivity index (χ3n) is 8.40. The molecule has 0 aliphatic carbocycles. The number of rotatable bonds is 14. The van der Waals surface area contributed by atoms with Gasteiger partial charge in [0.25, 0.3) is 0 Å². The molecule has 0 unspecified atom stereocenters. The molecule has 6 aromatic rings. The van der Waals surface area contributed by atoms with Gasteiger partial charge >= 0.3 is 5.97 Å². The van der Waals surface area contributed by atoms with E-state index < -0.39 is 16.0 Å². The van der Waals surface area contributed by atoms with E-state index in [1.165, 1.54) is 12.1 Å². The number of carboxylic acids is 1. The number of carbonyl (C=O) groups is 1. The lowest BCUT2D eigenvalue weighted by Gasteiger charge is -2.25. The van der Waals surface area contributed by atoms with Crippen molar-refractivity contribution in [3.63, 3.8) is 0 Å². The Morgan fingerprint density at radius 2 is 1.48 bits per heavy atom. The number of halogens is 3. The fourth-order valence-electron chi connectivity index (χ4n) is 6.23.